The zero-order valence-corrected chi connectivity index (χ0v) is 13.3. The summed E-state index contributed by atoms with van der Waals surface area (Å²) in [5.41, 5.74) is 9.88. The number of benzene rings is 2. The van der Waals surface area contributed by atoms with Gasteiger partial charge in [-0.1, -0.05) is 38.1 Å². The fraction of sp³-hybridized carbons (Fsp3) is 0.222. The molecule has 0 unspecified atom stereocenters. The summed E-state index contributed by atoms with van der Waals surface area (Å²) < 4.78 is 5.66. The molecule has 120 valence electrons. The van der Waals surface area contributed by atoms with Crippen LogP contribution in [0.5, 0.6) is 5.75 Å². The van der Waals surface area contributed by atoms with Gasteiger partial charge in [-0.05, 0) is 35.7 Å². The molecule has 2 rings (SSSR count). The number of nitrogen functional groups attached to an aromatic ring is 1. The van der Waals surface area contributed by atoms with Crippen LogP contribution in [0, 0.1) is 5.92 Å². The number of carbonyl (C=O) groups is 1. The quantitative estimate of drug-likeness (QED) is 0.489. The highest BCUT2D eigenvalue weighted by atomic mass is 16.5. The van der Waals surface area contributed by atoms with Crippen molar-refractivity contribution < 1.29 is 9.53 Å². The third-order valence-electron chi connectivity index (χ3n) is 3.03. The monoisotopic (exact) mass is 311 g/mol. The van der Waals surface area contributed by atoms with Crippen LogP contribution in [0.1, 0.15) is 29.8 Å². The Hall–Kier alpha value is -2.82. The Bertz CT molecular complexity index is 696. The number of nitrogens with two attached hydrogens (primary N) is 1. The van der Waals surface area contributed by atoms with E-state index < -0.39 is 0 Å². The van der Waals surface area contributed by atoms with Crippen molar-refractivity contribution in [2.75, 3.05) is 12.3 Å². The Morgan fingerprint density at radius 3 is 2.78 bits per heavy atom. The Balaban J connectivity index is 1.96. The largest absolute Gasteiger partial charge is 0.493 e. The van der Waals surface area contributed by atoms with Gasteiger partial charge in [-0.15, -0.1) is 0 Å². The molecule has 0 heterocycles. The highest BCUT2D eigenvalue weighted by Gasteiger charge is 2.06. The number of hydrazone groups is 1. The maximum Gasteiger partial charge on any atom is 0.273 e. The Kier molecular flexibility index (Phi) is 5.74. The molecule has 0 bridgehead atoms. The Labute approximate surface area is 136 Å². The molecule has 0 atom stereocenters. The predicted molar refractivity (Wildman–Crippen MR) is 92.7 cm³/mol. The molecule has 5 nitrogen and oxygen atoms in total. The van der Waals surface area contributed by atoms with Crippen LogP contribution in [0.4, 0.5) is 5.69 Å². The van der Waals surface area contributed by atoms with Gasteiger partial charge in [0.1, 0.15) is 5.75 Å². The summed E-state index contributed by atoms with van der Waals surface area (Å²) in [4.78, 5) is 12.0. The number of nitrogens with zero attached hydrogens (tertiary/aromatic N) is 1. The van der Waals surface area contributed by atoms with Gasteiger partial charge in [-0.3, -0.25) is 4.79 Å². The van der Waals surface area contributed by atoms with Gasteiger partial charge in [0, 0.05) is 5.69 Å². The van der Waals surface area contributed by atoms with E-state index in [1.165, 1.54) is 0 Å². The SMILES string of the molecule is CC(C)COc1cccc(/C=N\NC(=O)c2ccccc2N)c1. The number of hydrogen-bond acceptors (Lipinski definition) is 4. The fourth-order valence-corrected chi connectivity index (χ4v) is 1.88. The molecular weight excluding hydrogens is 290 g/mol. The summed E-state index contributed by atoms with van der Waals surface area (Å²) in [5.74, 6) is 0.899. The van der Waals surface area contributed by atoms with Crippen LogP contribution < -0.4 is 15.9 Å². The minimum absolute atomic E-state index is 0.341. The van der Waals surface area contributed by atoms with Crippen LogP contribution in [0.25, 0.3) is 0 Å². The molecule has 3 N–H and O–H groups in total. The van der Waals surface area contributed by atoms with Crippen molar-refractivity contribution in [1.82, 2.24) is 5.43 Å². The standard InChI is InChI=1S/C18H21N3O2/c1-13(2)12-23-15-7-5-6-14(10-15)11-20-21-18(22)16-8-3-4-9-17(16)19/h3-11,13H,12,19H2,1-2H3,(H,21,22)/b20-11-. The highest BCUT2D eigenvalue weighted by Crippen LogP contribution is 2.13. The number of nitrogens with one attached hydrogen (secondary N) is 1. The molecule has 0 aliphatic carbocycles. The van der Waals surface area contributed by atoms with Crippen molar-refractivity contribution in [1.29, 1.82) is 0 Å². The van der Waals surface area contributed by atoms with Crippen molar-refractivity contribution >= 4 is 17.8 Å². The number of anilines is 1. The van der Waals surface area contributed by atoms with Crippen molar-refractivity contribution in [2.45, 2.75) is 13.8 Å². The van der Waals surface area contributed by atoms with Gasteiger partial charge in [-0.25, -0.2) is 5.43 Å². The fourth-order valence-electron chi connectivity index (χ4n) is 1.88. The summed E-state index contributed by atoms with van der Waals surface area (Å²) >= 11 is 0. The molecule has 0 saturated carbocycles. The molecule has 1 amide bonds. The van der Waals surface area contributed by atoms with E-state index in [2.05, 4.69) is 24.4 Å². The summed E-state index contributed by atoms with van der Waals surface area (Å²) in [6.45, 7) is 4.84. The van der Waals surface area contributed by atoms with E-state index >= 15 is 0 Å². The second kappa shape index (κ2) is 7.98. The van der Waals surface area contributed by atoms with E-state index in [4.69, 9.17) is 10.5 Å². The molecule has 2 aromatic carbocycles. The first-order valence-corrected chi connectivity index (χ1v) is 7.47. The molecule has 23 heavy (non-hydrogen) atoms. The second-order valence-corrected chi connectivity index (χ2v) is 5.56. The van der Waals surface area contributed by atoms with Gasteiger partial charge in [0.05, 0.1) is 18.4 Å². The zero-order valence-electron chi connectivity index (χ0n) is 13.3. The van der Waals surface area contributed by atoms with Gasteiger partial charge < -0.3 is 10.5 Å². The molecule has 0 aromatic heterocycles. The lowest BCUT2D eigenvalue weighted by Gasteiger charge is -2.08. The van der Waals surface area contributed by atoms with Gasteiger partial charge in [0.25, 0.3) is 5.91 Å². The van der Waals surface area contributed by atoms with Gasteiger partial charge in [0.15, 0.2) is 0 Å². The van der Waals surface area contributed by atoms with Crippen molar-refractivity contribution in [3.63, 3.8) is 0 Å². The highest BCUT2D eigenvalue weighted by molar-refractivity contribution is 5.99. The average molecular weight is 311 g/mol. The van der Waals surface area contributed by atoms with Crippen LogP contribution in [-0.2, 0) is 0 Å². The molecule has 2 aromatic rings. The van der Waals surface area contributed by atoms with Crippen LogP contribution >= 0.6 is 0 Å². The van der Waals surface area contributed by atoms with Crippen molar-refractivity contribution in [3.8, 4) is 5.75 Å². The molecule has 0 fully saturated rings. The maximum absolute atomic E-state index is 12.0. The third kappa shape index (κ3) is 5.14. The Morgan fingerprint density at radius 1 is 1.26 bits per heavy atom. The van der Waals surface area contributed by atoms with Crippen LogP contribution in [0.3, 0.4) is 0 Å². The van der Waals surface area contributed by atoms with Crippen LogP contribution in [0.2, 0.25) is 0 Å². The lowest BCUT2D eigenvalue weighted by atomic mass is 10.2. The number of rotatable bonds is 6. The first-order chi connectivity index (χ1) is 11.1. The smallest absolute Gasteiger partial charge is 0.273 e. The van der Waals surface area contributed by atoms with Crippen molar-refractivity contribution in [3.05, 3.63) is 59.7 Å². The van der Waals surface area contributed by atoms with E-state index in [9.17, 15) is 4.79 Å². The number of para-hydroxylation sites is 1. The third-order valence-corrected chi connectivity index (χ3v) is 3.03. The lowest BCUT2D eigenvalue weighted by molar-refractivity contribution is 0.0956. The number of hydrogen-bond donors (Lipinski definition) is 2. The molecule has 0 radical (unpaired) electrons. The zero-order chi connectivity index (χ0) is 16.7. The molecule has 0 aliphatic rings. The van der Waals surface area contributed by atoms with Gasteiger partial charge >= 0.3 is 0 Å². The van der Waals surface area contributed by atoms with Crippen molar-refractivity contribution in [2.24, 2.45) is 11.0 Å². The minimum atomic E-state index is -0.341. The molecular formula is C18H21N3O2. The Morgan fingerprint density at radius 2 is 2.04 bits per heavy atom. The summed E-state index contributed by atoms with van der Waals surface area (Å²) in [6, 6.07) is 14.4. The maximum atomic E-state index is 12.0. The molecule has 0 spiro atoms. The first kappa shape index (κ1) is 16.5. The molecule has 0 aliphatic heterocycles. The van der Waals surface area contributed by atoms with E-state index in [-0.39, 0.29) is 5.91 Å². The van der Waals surface area contributed by atoms with Crippen LogP contribution in [-0.4, -0.2) is 18.7 Å². The second-order valence-electron chi connectivity index (χ2n) is 5.56. The van der Waals surface area contributed by atoms with Gasteiger partial charge in [-0.2, -0.15) is 5.10 Å². The van der Waals surface area contributed by atoms with Crippen LogP contribution in [0.15, 0.2) is 53.6 Å². The lowest BCUT2D eigenvalue weighted by Crippen LogP contribution is -2.19. The van der Waals surface area contributed by atoms with E-state index in [0.29, 0.717) is 23.8 Å². The van der Waals surface area contributed by atoms with E-state index in [1.54, 1.807) is 30.5 Å². The van der Waals surface area contributed by atoms with Gasteiger partial charge in [0.2, 0.25) is 0 Å². The molecule has 5 heteroatoms. The summed E-state index contributed by atoms with van der Waals surface area (Å²) in [7, 11) is 0. The average Bonchev–Trinajstić information content (AvgIpc) is 2.53. The number of amides is 1. The molecule has 0 saturated heterocycles. The summed E-state index contributed by atoms with van der Waals surface area (Å²) in [5, 5.41) is 3.96. The number of ether oxygens (including phenoxy) is 1. The van der Waals surface area contributed by atoms with E-state index in [1.807, 2.05) is 24.3 Å². The predicted octanol–water partition coefficient (Wildman–Crippen LogP) is 3.07. The van der Waals surface area contributed by atoms with E-state index in [0.717, 1.165) is 11.3 Å². The summed E-state index contributed by atoms with van der Waals surface area (Å²) in [6.07, 6.45) is 1.57. The number of carbonyl (C=O) groups excluding carboxylic acids is 1. The minimum Gasteiger partial charge on any atom is -0.493 e. The first-order valence-electron chi connectivity index (χ1n) is 7.47. The normalized spacial score (nSPS) is 10.9. The topological polar surface area (TPSA) is 76.7 Å².